The number of para-hydroxylation sites is 1. The molecular weight excluding hydrogens is 380 g/mol. The van der Waals surface area contributed by atoms with Crippen molar-refractivity contribution in [1.29, 1.82) is 0 Å². The molecule has 0 aliphatic rings. The maximum atomic E-state index is 12.1. The molecule has 0 radical (unpaired) electrons. The lowest BCUT2D eigenvalue weighted by Gasteiger charge is -2.16. The van der Waals surface area contributed by atoms with Gasteiger partial charge in [-0.15, -0.1) is 0 Å². The highest BCUT2D eigenvalue weighted by atomic mass is 16.5. The van der Waals surface area contributed by atoms with E-state index < -0.39 is 29.8 Å². The second-order valence-electron chi connectivity index (χ2n) is 6.15. The van der Waals surface area contributed by atoms with Crippen molar-refractivity contribution in [2.24, 2.45) is 0 Å². The fourth-order valence-corrected chi connectivity index (χ4v) is 2.47. The van der Waals surface area contributed by atoms with Gasteiger partial charge in [-0.1, -0.05) is 12.1 Å². The molecule has 1 aromatic carbocycles. The number of esters is 1. The number of ether oxygens (including phenoxy) is 1. The highest BCUT2D eigenvalue weighted by Crippen LogP contribution is 2.12. The van der Waals surface area contributed by atoms with Crippen molar-refractivity contribution in [2.45, 2.75) is 6.54 Å². The zero-order chi connectivity index (χ0) is 20.8. The highest BCUT2D eigenvalue weighted by Gasteiger charge is 2.18. The van der Waals surface area contributed by atoms with Crippen LogP contribution >= 0.6 is 0 Å². The number of fused-ring (bicyclic) bond motifs is 1. The number of nitrogens with one attached hydrogen (secondary N) is 1. The first-order valence-electron chi connectivity index (χ1n) is 8.67. The van der Waals surface area contributed by atoms with Gasteiger partial charge in [-0.2, -0.15) is 0 Å². The van der Waals surface area contributed by atoms with Gasteiger partial charge in [0.2, 0.25) is 11.7 Å². The molecule has 3 rings (SSSR count). The molecule has 0 spiro atoms. The van der Waals surface area contributed by atoms with Crippen molar-refractivity contribution in [1.82, 2.24) is 10.2 Å². The molecule has 0 saturated heterocycles. The molecule has 29 heavy (non-hydrogen) atoms. The van der Waals surface area contributed by atoms with Crippen molar-refractivity contribution in [3.8, 4) is 0 Å². The SMILES string of the molecule is CN(CC(=O)NCc1ccco1)C(=O)COC(=O)c1cc(=O)c2ccccc2o1. The third kappa shape index (κ3) is 5.10. The third-order valence-electron chi connectivity index (χ3n) is 4.01. The van der Waals surface area contributed by atoms with E-state index in [-0.39, 0.29) is 24.4 Å². The zero-order valence-electron chi connectivity index (χ0n) is 15.5. The summed E-state index contributed by atoms with van der Waals surface area (Å²) in [5.41, 5.74) is -0.154. The van der Waals surface area contributed by atoms with E-state index >= 15 is 0 Å². The predicted octanol–water partition coefficient (Wildman–Crippen LogP) is 1.32. The zero-order valence-corrected chi connectivity index (χ0v) is 15.5. The van der Waals surface area contributed by atoms with E-state index in [4.69, 9.17) is 13.6 Å². The molecule has 9 nitrogen and oxygen atoms in total. The topological polar surface area (TPSA) is 119 Å². The molecule has 0 atom stereocenters. The van der Waals surface area contributed by atoms with E-state index in [1.54, 1.807) is 36.4 Å². The smallest absolute Gasteiger partial charge is 0.374 e. The Balaban J connectivity index is 1.51. The van der Waals surface area contributed by atoms with Gasteiger partial charge in [0, 0.05) is 13.1 Å². The summed E-state index contributed by atoms with van der Waals surface area (Å²) >= 11 is 0. The first-order valence-corrected chi connectivity index (χ1v) is 8.67. The Morgan fingerprint density at radius 3 is 2.69 bits per heavy atom. The van der Waals surface area contributed by atoms with E-state index in [1.807, 2.05) is 0 Å². The second kappa shape index (κ2) is 8.87. The monoisotopic (exact) mass is 398 g/mol. The summed E-state index contributed by atoms with van der Waals surface area (Å²) in [5.74, 6) is -1.66. The summed E-state index contributed by atoms with van der Waals surface area (Å²) in [7, 11) is 1.40. The van der Waals surface area contributed by atoms with Gasteiger partial charge < -0.3 is 23.8 Å². The summed E-state index contributed by atoms with van der Waals surface area (Å²) in [6, 6.07) is 10.9. The van der Waals surface area contributed by atoms with E-state index in [1.165, 1.54) is 13.3 Å². The van der Waals surface area contributed by atoms with Crippen molar-refractivity contribution < 1.29 is 28.0 Å². The van der Waals surface area contributed by atoms with Crippen LogP contribution in [-0.4, -0.2) is 42.9 Å². The first kappa shape index (κ1) is 19.9. The Kier molecular flexibility index (Phi) is 6.08. The van der Waals surface area contributed by atoms with Crippen molar-refractivity contribution in [3.05, 3.63) is 70.5 Å². The molecule has 0 aliphatic carbocycles. The second-order valence-corrected chi connectivity index (χ2v) is 6.15. The number of hydrogen-bond acceptors (Lipinski definition) is 7. The first-order chi connectivity index (χ1) is 13.9. The van der Waals surface area contributed by atoms with Crippen LogP contribution in [0.15, 0.2) is 62.4 Å². The number of rotatable bonds is 7. The summed E-state index contributed by atoms with van der Waals surface area (Å²) in [6.45, 7) is -0.622. The number of nitrogens with zero attached hydrogens (tertiary/aromatic N) is 1. The average Bonchev–Trinajstić information content (AvgIpc) is 3.23. The Bertz CT molecular complexity index is 1090. The van der Waals surface area contributed by atoms with Crippen LogP contribution in [0.5, 0.6) is 0 Å². The van der Waals surface area contributed by atoms with Crippen LogP contribution in [0.2, 0.25) is 0 Å². The number of amides is 2. The third-order valence-corrected chi connectivity index (χ3v) is 4.01. The lowest BCUT2D eigenvalue weighted by molar-refractivity contribution is -0.137. The van der Waals surface area contributed by atoms with E-state index in [0.717, 1.165) is 11.0 Å². The van der Waals surface area contributed by atoms with Crippen LogP contribution in [0.4, 0.5) is 0 Å². The van der Waals surface area contributed by atoms with Gasteiger partial charge in [-0.25, -0.2) is 4.79 Å². The molecule has 0 saturated carbocycles. The average molecular weight is 398 g/mol. The maximum Gasteiger partial charge on any atom is 0.374 e. The lowest BCUT2D eigenvalue weighted by Crippen LogP contribution is -2.39. The number of hydrogen-bond donors (Lipinski definition) is 1. The minimum Gasteiger partial charge on any atom is -0.467 e. The molecule has 2 amide bonds. The summed E-state index contributed by atoms with van der Waals surface area (Å²) in [5, 5.41) is 2.93. The maximum absolute atomic E-state index is 12.1. The molecule has 2 heterocycles. The molecule has 2 aromatic heterocycles. The Morgan fingerprint density at radius 1 is 1.14 bits per heavy atom. The van der Waals surface area contributed by atoms with Gasteiger partial charge >= 0.3 is 5.97 Å². The van der Waals surface area contributed by atoms with Gasteiger partial charge in [-0.3, -0.25) is 14.4 Å². The molecule has 150 valence electrons. The minimum absolute atomic E-state index is 0.198. The molecule has 0 fully saturated rings. The van der Waals surface area contributed by atoms with E-state index in [0.29, 0.717) is 11.1 Å². The molecule has 0 bridgehead atoms. The fourth-order valence-electron chi connectivity index (χ4n) is 2.47. The van der Waals surface area contributed by atoms with Crippen LogP contribution in [0.25, 0.3) is 11.0 Å². The minimum atomic E-state index is -0.947. The quantitative estimate of drug-likeness (QED) is 0.596. The molecule has 0 aliphatic heterocycles. The van der Waals surface area contributed by atoms with Crippen LogP contribution in [-0.2, 0) is 20.9 Å². The number of furan rings is 1. The normalized spacial score (nSPS) is 10.5. The predicted molar refractivity (Wildman–Crippen MR) is 101 cm³/mol. The van der Waals surface area contributed by atoms with Crippen molar-refractivity contribution >= 4 is 28.8 Å². The summed E-state index contributed by atoms with van der Waals surface area (Å²) in [6.07, 6.45) is 1.49. The Morgan fingerprint density at radius 2 is 1.93 bits per heavy atom. The number of benzene rings is 1. The fraction of sp³-hybridized carbons (Fsp3) is 0.200. The van der Waals surface area contributed by atoms with E-state index in [9.17, 15) is 19.2 Å². The van der Waals surface area contributed by atoms with E-state index in [2.05, 4.69) is 5.32 Å². The Labute approximate surface area is 164 Å². The van der Waals surface area contributed by atoms with Gasteiger partial charge in [0.1, 0.15) is 11.3 Å². The van der Waals surface area contributed by atoms with Gasteiger partial charge in [0.25, 0.3) is 5.91 Å². The standard InChI is InChI=1S/C20H18N2O7/c1-22(11-18(24)21-10-13-5-4-8-27-13)19(25)12-28-20(26)17-9-15(23)14-6-2-3-7-16(14)29-17/h2-9H,10-12H2,1H3,(H,21,24). The lowest BCUT2D eigenvalue weighted by atomic mass is 10.2. The highest BCUT2D eigenvalue weighted by molar-refractivity contribution is 5.91. The summed E-state index contributed by atoms with van der Waals surface area (Å²) < 4.78 is 15.4. The van der Waals surface area contributed by atoms with Gasteiger partial charge in [0.05, 0.1) is 24.7 Å². The summed E-state index contributed by atoms with van der Waals surface area (Å²) in [4.78, 5) is 49.2. The molecular formula is C20H18N2O7. The molecule has 0 unspecified atom stereocenters. The van der Waals surface area contributed by atoms with Gasteiger partial charge in [0.15, 0.2) is 12.0 Å². The van der Waals surface area contributed by atoms with Crippen LogP contribution in [0, 0.1) is 0 Å². The van der Waals surface area contributed by atoms with Crippen LogP contribution < -0.4 is 10.7 Å². The van der Waals surface area contributed by atoms with Crippen molar-refractivity contribution in [2.75, 3.05) is 20.2 Å². The van der Waals surface area contributed by atoms with Crippen LogP contribution in [0.3, 0.4) is 0 Å². The van der Waals surface area contributed by atoms with Crippen molar-refractivity contribution in [3.63, 3.8) is 0 Å². The number of likely N-dealkylation sites (N-methyl/N-ethyl adjacent to an activating group) is 1. The van der Waals surface area contributed by atoms with Crippen LogP contribution in [0.1, 0.15) is 16.3 Å². The number of carbonyl (C=O) groups is 3. The Hall–Kier alpha value is -3.88. The van der Waals surface area contributed by atoms with Gasteiger partial charge in [-0.05, 0) is 24.3 Å². The molecule has 3 aromatic rings. The largest absolute Gasteiger partial charge is 0.467 e. The number of carbonyl (C=O) groups excluding carboxylic acids is 3. The molecule has 9 heteroatoms. The molecule has 1 N–H and O–H groups in total.